The molecule has 0 atom stereocenters. The van der Waals surface area contributed by atoms with Crippen molar-refractivity contribution in [1.82, 2.24) is 4.90 Å². The van der Waals surface area contributed by atoms with Crippen molar-refractivity contribution in [2.24, 2.45) is 0 Å². The molecule has 2 rings (SSSR count). The Bertz CT molecular complexity index is 375. The van der Waals surface area contributed by atoms with E-state index in [2.05, 4.69) is 49.9 Å². The molecule has 0 aromatic heterocycles. The van der Waals surface area contributed by atoms with Crippen LogP contribution in [0, 0.1) is 0 Å². The van der Waals surface area contributed by atoms with Gasteiger partial charge in [-0.3, -0.25) is 4.90 Å². The average Bonchev–Trinajstić information content (AvgIpc) is 2.81. The Labute approximate surface area is 111 Å². The third kappa shape index (κ3) is 3.74. The second-order valence-corrected chi connectivity index (χ2v) is 6.18. The zero-order valence-electron chi connectivity index (χ0n) is 11.9. The predicted octanol–water partition coefficient (Wildman–Crippen LogP) is 3.46. The molecular weight excluding hydrogens is 222 g/mol. The van der Waals surface area contributed by atoms with Crippen LogP contribution in [0.4, 0.5) is 0 Å². The molecule has 1 fully saturated rings. The van der Waals surface area contributed by atoms with E-state index in [9.17, 15) is 0 Å². The predicted molar refractivity (Wildman–Crippen MR) is 76.3 cm³/mol. The highest BCUT2D eigenvalue weighted by molar-refractivity contribution is 5.32. The van der Waals surface area contributed by atoms with E-state index in [0.717, 1.165) is 18.9 Å². The number of rotatable bonds is 4. The lowest BCUT2D eigenvalue weighted by Crippen LogP contribution is -2.25. The first-order valence-electron chi connectivity index (χ1n) is 7.01. The number of hydrogen-bond acceptors (Lipinski definition) is 2. The number of hydrogen-bond donors (Lipinski definition) is 0. The highest BCUT2D eigenvalue weighted by Gasteiger charge is 2.14. The van der Waals surface area contributed by atoms with Crippen molar-refractivity contribution in [3.63, 3.8) is 0 Å². The Morgan fingerprint density at radius 1 is 1.17 bits per heavy atom. The Hall–Kier alpha value is -1.02. The minimum absolute atomic E-state index is 0.189. The molecule has 0 saturated carbocycles. The van der Waals surface area contributed by atoms with Gasteiger partial charge in [0.1, 0.15) is 12.4 Å². The van der Waals surface area contributed by atoms with Crippen LogP contribution in [0.1, 0.15) is 39.2 Å². The summed E-state index contributed by atoms with van der Waals surface area (Å²) in [6.45, 7) is 11.0. The van der Waals surface area contributed by atoms with Gasteiger partial charge >= 0.3 is 0 Å². The molecule has 1 aromatic rings. The van der Waals surface area contributed by atoms with Crippen LogP contribution in [0.25, 0.3) is 0 Å². The Kier molecular flexibility index (Phi) is 4.28. The van der Waals surface area contributed by atoms with Crippen LogP contribution in [0.5, 0.6) is 5.75 Å². The molecule has 0 bridgehead atoms. The first-order chi connectivity index (χ1) is 8.55. The first-order valence-corrected chi connectivity index (χ1v) is 7.01. The van der Waals surface area contributed by atoms with Gasteiger partial charge in [-0.1, -0.05) is 32.9 Å². The van der Waals surface area contributed by atoms with Crippen LogP contribution < -0.4 is 4.74 Å². The standard InChI is InChI=1S/C16H25NO/c1-16(2,3)14-7-6-8-15(13-14)18-12-11-17-9-4-5-10-17/h6-8,13H,4-5,9-12H2,1-3H3. The molecule has 18 heavy (non-hydrogen) atoms. The molecule has 0 amide bonds. The maximum atomic E-state index is 5.86. The molecule has 2 heteroatoms. The van der Waals surface area contributed by atoms with E-state index < -0.39 is 0 Å². The fourth-order valence-electron chi connectivity index (χ4n) is 2.35. The number of nitrogens with zero attached hydrogens (tertiary/aromatic N) is 1. The number of likely N-dealkylation sites (tertiary alicyclic amines) is 1. The van der Waals surface area contributed by atoms with E-state index in [1.54, 1.807) is 0 Å². The van der Waals surface area contributed by atoms with Crippen molar-refractivity contribution >= 4 is 0 Å². The fraction of sp³-hybridized carbons (Fsp3) is 0.625. The summed E-state index contributed by atoms with van der Waals surface area (Å²) < 4.78 is 5.86. The number of ether oxygens (including phenoxy) is 1. The smallest absolute Gasteiger partial charge is 0.119 e. The van der Waals surface area contributed by atoms with Gasteiger partial charge in [-0.25, -0.2) is 0 Å². The lowest BCUT2D eigenvalue weighted by molar-refractivity contribution is 0.237. The van der Waals surface area contributed by atoms with Gasteiger partial charge < -0.3 is 4.74 Å². The lowest BCUT2D eigenvalue weighted by Gasteiger charge is -2.20. The second kappa shape index (κ2) is 5.75. The molecule has 0 N–H and O–H groups in total. The molecule has 1 aliphatic rings. The van der Waals surface area contributed by atoms with Gasteiger partial charge in [0.25, 0.3) is 0 Å². The summed E-state index contributed by atoms with van der Waals surface area (Å²) in [6.07, 6.45) is 2.69. The molecule has 0 unspecified atom stereocenters. The average molecular weight is 247 g/mol. The van der Waals surface area contributed by atoms with Crippen molar-refractivity contribution in [3.8, 4) is 5.75 Å². The van der Waals surface area contributed by atoms with Crippen molar-refractivity contribution in [1.29, 1.82) is 0 Å². The van der Waals surface area contributed by atoms with Crippen LogP contribution in [0.2, 0.25) is 0 Å². The molecule has 100 valence electrons. The van der Waals surface area contributed by atoms with E-state index >= 15 is 0 Å². The fourth-order valence-corrected chi connectivity index (χ4v) is 2.35. The quantitative estimate of drug-likeness (QED) is 0.808. The van der Waals surface area contributed by atoms with E-state index in [1.807, 2.05) is 0 Å². The molecule has 1 heterocycles. The maximum absolute atomic E-state index is 5.86. The first kappa shape index (κ1) is 13.4. The summed E-state index contributed by atoms with van der Waals surface area (Å²) in [7, 11) is 0. The van der Waals surface area contributed by atoms with Crippen LogP contribution in [0.3, 0.4) is 0 Å². The summed E-state index contributed by atoms with van der Waals surface area (Å²) in [5, 5.41) is 0. The van der Waals surface area contributed by atoms with E-state index in [4.69, 9.17) is 4.74 Å². The van der Waals surface area contributed by atoms with Crippen molar-refractivity contribution in [3.05, 3.63) is 29.8 Å². The molecule has 2 nitrogen and oxygen atoms in total. The summed E-state index contributed by atoms with van der Waals surface area (Å²) in [5.74, 6) is 1.00. The van der Waals surface area contributed by atoms with E-state index in [-0.39, 0.29) is 5.41 Å². The van der Waals surface area contributed by atoms with Crippen LogP contribution in [0.15, 0.2) is 24.3 Å². The van der Waals surface area contributed by atoms with Gasteiger partial charge in [0.15, 0.2) is 0 Å². The highest BCUT2D eigenvalue weighted by Crippen LogP contribution is 2.25. The van der Waals surface area contributed by atoms with Gasteiger partial charge in [-0.2, -0.15) is 0 Å². The zero-order valence-corrected chi connectivity index (χ0v) is 11.9. The zero-order chi connectivity index (χ0) is 13.0. The highest BCUT2D eigenvalue weighted by atomic mass is 16.5. The summed E-state index contributed by atoms with van der Waals surface area (Å²) in [6, 6.07) is 8.49. The Morgan fingerprint density at radius 3 is 2.56 bits per heavy atom. The molecule has 0 aliphatic carbocycles. The van der Waals surface area contributed by atoms with E-state index in [0.29, 0.717) is 0 Å². The molecule has 1 aliphatic heterocycles. The monoisotopic (exact) mass is 247 g/mol. The van der Waals surface area contributed by atoms with Crippen LogP contribution in [-0.2, 0) is 5.41 Å². The summed E-state index contributed by atoms with van der Waals surface area (Å²) >= 11 is 0. The van der Waals surface area contributed by atoms with Gasteiger partial charge in [0, 0.05) is 6.54 Å². The normalized spacial score (nSPS) is 17.1. The topological polar surface area (TPSA) is 12.5 Å². The van der Waals surface area contributed by atoms with Crippen LogP contribution >= 0.6 is 0 Å². The Morgan fingerprint density at radius 2 is 1.89 bits per heavy atom. The third-order valence-corrected chi connectivity index (χ3v) is 3.57. The van der Waals surface area contributed by atoms with Gasteiger partial charge in [0.2, 0.25) is 0 Å². The summed E-state index contributed by atoms with van der Waals surface area (Å²) in [4.78, 5) is 2.48. The lowest BCUT2D eigenvalue weighted by atomic mass is 9.87. The van der Waals surface area contributed by atoms with Crippen molar-refractivity contribution in [2.75, 3.05) is 26.2 Å². The van der Waals surface area contributed by atoms with Crippen molar-refractivity contribution < 1.29 is 4.74 Å². The van der Waals surface area contributed by atoms with Gasteiger partial charge in [-0.05, 0) is 49.0 Å². The Balaban J connectivity index is 1.85. The van der Waals surface area contributed by atoms with E-state index in [1.165, 1.54) is 31.5 Å². The molecule has 0 spiro atoms. The van der Waals surface area contributed by atoms with Crippen molar-refractivity contribution in [2.45, 2.75) is 39.0 Å². The third-order valence-electron chi connectivity index (χ3n) is 3.57. The SMILES string of the molecule is CC(C)(C)c1cccc(OCCN2CCCC2)c1. The summed E-state index contributed by atoms with van der Waals surface area (Å²) in [5.41, 5.74) is 1.52. The number of benzene rings is 1. The minimum Gasteiger partial charge on any atom is -0.492 e. The molecule has 0 radical (unpaired) electrons. The maximum Gasteiger partial charge on any atom is 0.119 e. The van der Waals surface area contributed by atoms with Gasteiger partial charge in [0.05, 0.1) is 0 Å². The molecule has 1 saturated heterocycles. The van der Waals surface area contributed by atoms with Crippen LogP contribution in [-0.4, -0.2) is 31.1 Å². The second-order valence-electron chi connectivity index (χ2n) is 6.18. The minimum atomic E-state index is 0.189. The largest absolute Gasteiger partial charge is 0.492 e. The molecule has 1 aromatic carbocycles. The van der Waals surface area contributed by atoms with Gasteiger partial charge in [-0.15, -0.1) is 0 Å². The molecular formula is C16H25NO.